The molecule has 0 aromatic heterocycles. The van der Waals surface area contributed by atoms with Crippen LogP contribution in [0, 0.1) is 0 Å². The standard InChI is InChI=1S/C14H16BrClN2O3/c15-9-4-5-12(11(16)7-9)17-14(21)18-6-2-1-3-10(18)8-13(19)20/h4-5,7,10H,1-3,6,8H2,(H,17,21)(H,19,20). The van der Waals surface area contributed by atoms with Gasteiger partial charge in [0.2, 0.25) is 0 Å². The number of carboxylic acids is 1. The van der Waals surface area contributed by atoms with Crippen LogP contribution >= 0.6 is 27.5 Å². The molecule has 2 rings (SSSR count). The molecule has 7 heteroatoms. The van der Waals surface area contributed by atoms with E-state index in [1.807, 2.05) is 0 Å². The number of halogens is 2. The van der Waals surface area contributed by atoms with Gasteiger partial charge in [-0.05, 0) is 37.5 Å². The topological polar surface area (TPSA) is 69.6 Å². The Morgan fingerprint density at radius 3 is 2.86 bits per heavy atom. The molecule has 0 saturated carbocycles. The molecule has 1 heterocycles. The highest BCUT2D eigenvalue weighted by atomic mass is 79.9. The predicted octanol–water partition coefficient (Wildman–Crippen LogP) is 3.96. The van der Waals surface area contributed by atoms with Crippen LogP contribution in [0.1, 0.15) is 25.7 Å². The van der Waals surface area contributed by atoms with Crippen LogP contribution in [0.3, 0.4) is 0 Å². The van der Waals surface area contributed by atoms with Gasteiger partial charge in [0.1, 0.15) is 0 Å². The summed E-state index contributed by atoms with van der Waals surface area (Å²) in [5.41, 5.74) is 0.518. The normalized spacial score (nSPS) is 18.4. The van der Waals surface area contributed by atoms with Crippen molar-refractivity contribution >= 4 is 45.2 Å². The highest BCUT2D eigenvalue weighted by molar-refractivity contribution is 9.10. The molecule has 1 aromatic carbocycles. The molecule has 0 radical (unpaired) electrons. The van der Waals surface area contributed by atoms with Crippen LogP contribution in [-0.2, 0) is 4.79 Å². The minimum atomic E-state index is -0.888. The van der Waals surface area contributed by atoms with Gasteiger partial charge in [-0.3, -0.25) is 4.79 Å². The number of hydrogen-bond acceptors (Lipinski definition) is 2. The summed E-state index contributed by atoms with van der Waals surface area (Å²) in [6.07, 6.45) is 2.52. The van der Waals surface area contributed by atoms with E-state index in [4.69, 9.17) is 16.7 Å². The summed E-state index contributed by atoms with van der Waals surface area (Å²) in [4.78, 5) is 24.8. The van der Waals surface area contributed by atoms with Gasteiger partial charge in [-0.25, -0.2) is 4.79 Å². The molecule has 2 N–H and O–H groups in total. The average molecular weight is 376 g/mol. The number of piperidine rings is 1. The maximum atomic E-state index is 12.3. The Balaban J connectivity index is 2.08. The quantitative estimate of drug-likeness (QED) is 0.840. The number of carboxylic acid groups (broad SMARTS) is 1. The van der Waals surface area contributed by atoms with Gasteiger partial charge in [0, 0.05) is 17.1 Å². The van der Waals surface area contributed by atoms with E-state index >= 15 is 0 Å². The molecule has 1 unspecified atom stereocenters. The lowest BCUT2D eigenvalue weighted by atomic mass is 10.00. The average Bonchev–Trinajstić information content (AvgIpc) is 2.42. The summed E-state index contributed by atoms with van der Waals surface area (Å²) in [5, 5.41) is 12.1. The number of amides is 2. The van der Waals surface area contributed by atoms with Gasteiger partial charge in [-0.15, -0.1) is 0 Å². The van der Waals surface area contributed by atoms with E-state index in [0.717, 1.165) is 17.3 Å². The second kappa shape index (κ2) is 7.13. The summed E-state index contributed by atoms with van der Waals surface area (Å²) in [6.45, 7) is 0.567. The number of nitrogens with one attached hydrogen (secondary N) is 1. The molecule has 1 fully saturated rings. The van der Waals surface area contributed by atoms with E-state index in [1.54, 1.807) is 23.1 Å². The number of nitrogens with zero attached hydrogens (tertiary/aromatic N) is 1. The molecular weight excluding hydrogens is 360 g/mol. The zero-order valence-electron chi connectivity index (χ0n) is 11.3. The van der Waals surface area contributed by atoms with E-state index in [0.29, 0.717) is 23.7 Å². The molecule has 21 heavy (non-hydrogen) atoms. The fraction of sp³-hybridized carbons (Fsp3) is 0.429. The van der Waals surface area contributed by atoms with Gasteiger partial charge < -0.3 is 15.3 Å². The highest BCUT2D eigenvalue weighted by Crippen LogP contribution is 2.27. The van der Waals surface area contributed by atoms with Crippen molar-refractivity contribution in [3.05, 3.63) is 27.7 Å². The zero-order valence-corrected chi connectivity index (χ0v) is 13.7. The van der Waals surface area contributed by atoms with Gasteiger partial charge in [0.05, 0.1) is 17.1 Å². The van der Waals surface area contributed by atoms with E-state index in [2.05, 4.69) is 21.2 Å². The number of anilines is 1. The first-order chi connectivity index (χ1) is 9.97. The van der Waals surface area contributed by atoms with E-state index in [-0.39, 0.29) is 18.5 Å². The predicted molar refractivity (Wildman–Crippen MR) is 84.8 cm³/mol. The van der Waals surface area contributed by atoms with Crippen LogP contribution in [0.15, 0.2) is 22.7 Å². The van der Waals surface area contributed by atoms with Crippen molar-refractivity contribution in [2.75, 3.05) is 11.9 Å². The van der Waals surface area contributed by atoms with Crippen LogP contribution in [0.25, 0.3) is 0 Å². The van der Waals surface area contributed by atoms with Crippen molar-refractivity contribution in [1.29, 1.82) is 0 Å². The van der Waals surface area contributed by atoms with Crippen molar-refractivity contribution in [2.24, 2.45) is 0 Å². The monoisotopic (exact) mass is 374 g/mol. The summed E-state index contributed by atoms with van der Waals surface area (Å²) in [7, 11) is 0. The van der Waals surface area contributed by atoms with E-state index in [1.165, 1.54) is 0 Å². The van der Waals surface area contributed by atoms with Crippen molar-refractivity contribution in [2.45, 2.75) is 31.7 Å². The van der Waals surface area contributed by atoms with Crippen LogP contribution < -0.4 is 5.32 Å². The van der Waals surface area contributed by atoms with Gasteiger partial charge in [-0.2, -0.15) is 0 Å². The summed E-state index contributed by atoms with van der Waals surface area (Å²) in [6, 6.07) is 4.63. The number of carbonyl (C=O) groups is 2. The largest absolute Gasteiger partial charge is 0.481 e. The molecule has 0 aliphatic carbocycles. The van der Waals surface area contributed by atoms with Crippen LogP contribution in [0.2, 0.25) is 5.02 Å². The lowest BCUT2D eigenvalue weighted by Gasteiger charge is -2.35. The number of hydrogen-bond donors (Lipinski definition) is 2. The molecule has 1 aromatic rings. The zero-order chi connectivity index (χ0) is 15.4. The molecule has 1 atom stereocenters. The van der Waals surface area contributed by atoms with Crippen molar-refractivity contribution in [3.8, 4) is 0 Å². The number of urea groups is 1. The summed E-state index contributed by atoms with van der Waals surface area (Å²) >= 11 is 9.38. The Hall–Kier alpha value is -1.27. The van der Waals surface area contributed by atoms with E-state index < -0.39 is 5.97 Å². The number of benzene rings is 1. The second-order valence-electron chi connectivity index (χ2n) is 5.00. The maximum absolute atomic E-state index is 12.3. The maximum Gasteiger partial charge on any atom is 0.322 e. The number of carbonyl (C=O) groups excluding carboxylic acids is 1. The minimum Gasteiger partial charge on any atom is -0.481 e. The second-order valence-corrected chi connectivity index (χ2v) is 6.32. The van der Waals surface area contributed by atoms with Crippen molar-refractivity contribution in [3.63, 3.8) is 0 Å². The lowest BCUT2D eigenvalue weighted by molar-refractivity contribution is -0.138. The van der Waals surface area contributed by atoms with Gasteiger partial charge in [-0.1, -0.05) is 27.5 Å². The third-order valence-corrected chi connectivity index (χ3v) is 4.28. The number of aliphatic carboxylic acids is 1. The molecular formula is C14H16BrClN2O3. The van der Waals surface area contributed by atoms with Crippen LogP contribution in [0.5, 0.6) is 0 Å². The number of likely N-dealkylation sites (tertiary alicyclic amines) is 1. The third kappa shape index (κ3) is 4.35. The van der Waals surface area contributed by atoms with Gasteiger partial charge >= 0.3 is 12.0 Å². The van der Waals surface area contributed by atoms with Crippen LogP contribution in [0.4, 0.5) is 10.5 Å². The van der Waals surface area contributed by atoms with Crippen molar-refractivity contribution in [1.82, 2.24) is 4.90 Å². The highest BCUT2D eigenvalue weighted by Gasteiger charge is 2.28. The lowest BCUT2D eigenvalue weighted by Crippen LogP contribution is -2.46. The first kappa shape index (κ1) is 16.1. The molecule has 5 nitrogen and oxygen atoms in total. The molecule has 114 valence electrons. The smallest absolute Gasteiger partial charge is 0.322 e. The Morgan fingerprint density at radius 1 is 1.43 bits per heavy atom. The molecule has 1 aliphatic rings. The Morgan fingerprint density at radius 2 is 2.19 bits per heavy atom. The first-order valence-corrected chi connectivity index (χ1v) is 7.89. The fourth-order valence-electron chi connectivity index (χ4n) is 2.46. The molecule has 1 aliphatic heterocycles. The SMILES string of the molecule is O=C(O)CC1CCCCN1C(=O)Nc1ccc(Br)cc1Cl. The van der Waals surface area contributed by atoms with E-state index in [9.17, 15) is 9.59 Å². The third-order valence-electron chi connectivity index (χ3n) is 3.47. The van der Waals surface area contributed by atoms with Gasteiger partial charge in [0.15, 0.2) is 0 Å². The Bertz CT molecular complexity index is 553. The molecule has 0 bridgehead atoms. The number of rotatable bonds is 3. The summed E-state index contributed by atoms with van der Waals surface area (Å²) < 4.78 is 0.826. The molecule has 2 amide bonds. The minimum absolute atomic E-state index is 0.0263. The van der Waals surface area contributed by atoms with Gasteiger partial charge in [0.25, 0.3) is 0 Å². The summed E-state index contributed by atoms with van der Waals surface area (Å²) in [5.74, 6) is -0.888. The Kier molecular flexibility index (Phi) is 5.47. The Labute approximate surface area is 136 Å². The first-order valence-electron chi connectivity index (χ1n) is 6.72. The van der Waals surface area contributed by atoms with Crippen molar-refractivity contribution < 1.29 is 14.7 Å². The fourth-order valence-corrected chi connectivity index (χ4v) is 3.18. The molecule has 1 saturated heterocycles. The molecule has 0 spiro atoms. The van der Waals surface area contributed by atoms with Crippen LogP contribution in [-0.4, -0.2) is 34.6 Å².